The summed E-state index contributed by atoms with van der Waals surface area (Å²) >= 11 is 0. The molecule has 0 bridgehead atoms. The van der Waals surface area contributed by atoms with Crippen LogP contribution < -0.4 is 9.47 Å². The van der Waals surface area contributed by atoms with Gasteiger partial charge >= 0.3 is 5.97 Å². The maximum atomic E-state index is 12.4. The van der Waals surface area contributed by atoms with Crippen LogP contribution in [0.5, 0.6) is 11.5 Å². The van der Waals surface area contributed by atoms with Crippen molar-refractivity contribution in [3.63, 3.8) is 0 Å². The Morgan fingerprint density at radius 2 is 1.81 bits per heavy atom. The van der Waals surface area contributed by atoms with E-state index in [0.29, 0.717) is 31.1 Å². The standard InChI is InChI=1S/C26H33NO4/c1-19-15-27(17-26(28)30-18-20-8-4-3-5-9-20)16-23(19)21-12-13-24(29-2)25(14-21)31-22-10-6-7-11-22/h3-5,8-9,12-14,19,22-23H,6-7,10-11,15-18H2,1-2H3/t19-,23+/m0/s1. The molecule has 1 aliphatic carbocycles. The molecule has 2 fully saturated rings. The molecule has 0 spiro atoms. The van der Waals surface area contributed by atoms with E-state index in [1.807, 2.05) is 36.4 Å². The number of methoxy groups -OCH3 is 1. The first-order valence-corrected chi connectivity index (χ1v) is 11.4. The van der Waals surface area contributed by atoms with Gasteiger partial charge in [-0.15, -0.1) is 0 Å². The fourth-order valence-electron chi connectivity index (χ4n) is 4.80. The van der Waals surface area contributed by atoms with Crippen molar-refractivity contribution >= 4 is 5.97 Å². The van der Waals surface area contributed by atoms with Crippen molar-refractivity contribution in [1.82, 2.24) is 4.90 Å². The number of carbonyl (C=O) groups is 1. The molecule has 5 nitrogen and oxygen atoms in total. The molecule has 2 aromatic rings. The molecule has 166 valence electrons. The van der Waals surface area contributed by atoms with Gasteiger partial charge in [0.2, 0.25) is 0 Å². The molecule has 31 heavy (non-hydrogen) atoms. The molecule has 5 heteroatoms. The van der Waals surface area contributed by atoms with E-state index in [1.54, 1.807) is 7.11 Å². The Balaban J connectivity index is 1.36. The monoisotopic (exact) mass is 423 g/mol. The first-order chi connectivity index (χ1) is 15.1. The second-order valence-electron chi connectivity index (χ2n) is 8.86. The SMILES string of the molecule is COc1ccc([C@@H]2CN(CC(=O)OCc3ccccc3)C[C@@H]2C)cc1OC1CCCC1. The average molecular weight is 424 g/mol. The minimum Gasteiger partial charge on any atom is -0.493 e. The zero-order valence-corrected chi connectivity index (χ0v) is 18.6. The molecule has 2 aromatic carbocycles. The Kier molecular flexibility index (Phi) is 7.13. The third-order valence-electron chi connectivity index (χ3n) is 6.49. The van der Waals surface area contributed by atoms with E-state index >= 15 is 0 Å². The fraction of sp³-hybridized carbons (Fsp3) is 0.500. The number of likely N-dealkylation sites (tertiary alicyclic amines) is 1. The first-order valence-electron chi connectivity index (χ1n) is 11.4. The van der Waals surface area contributed by atoms with Crippen LogP contribution in [-0.4, -0.2) is 43.7 Å². The number of nitrogens with zero attached hydrogens (tertiary/aromatic N) is 1. The van der Waals surface area contributed by atoms with Gasteiger partial charge in [-0.25, -0.2) is 0 Å². The lowest BCUT2D eigenvalue weighted by molar-refractivity contribution is -0.146. The highest BCUT2D eigenvalue weighted by atomic mass is 16.5. The first kappa shape index (κ1) is 21.7. The van der Waals surface area contributed by atoms with Gasteiger partial charge in [-0.3, -0.25) is 9.69 Å². The lowest BCUT2D eigenvalue weighted by atomic mass is 9.90. The van der Waals surface area contributed by atoms with Gasteiger partial charge < -0.3 is 14.2 Å². The van der Waals surface area contributed by atoms with E-state index < -0.39 is 0 Å². The summed E-state index contributed by atoms with van der Waals surface area (Å²) in [6.45, 7) is 4.64. The minimum atomic E-state index is -0.170. The summed E-state index contributed by atoms with van der Waals surface area (Å²) < 4.78 is 17.3. The quantitative estimate of drug-likeness (QED) is 0.571. The molecular formula is C26H33NO4. The predicted octanol–water partition coefficient (Wildman–Crippen LogP) is 4.80. The summed E-state index contributed by atoms with van der Waals surface area (Å²) in [7, 11) is 1.69. The van der Waals surface area contributed by atoms with Gasteiger partial charge in [0, 0.05) is 19.0 Å². The highest BCUT2D eigenvalue weighted by molar-refractivity contribution is 5.71. The average Bonchev–Trinajstić information content (AvgIpc) is 3.42. The van der Waals surface area contributed by atoms with E-state index in [1.165, 1.54) is 18.4 Å². The van der Waals surface area contributed by atoms with Crippen LogP contribution in [0.3, 0.4) is 0 Å². The summed E-state index contributed by atoms with van der Waals surface area (Å²) in [5.74, 6) is 2.28. The lowest BCUT2D eigenvalue weighted by Gasteiger charge is -2.20. The molecule has 4 rings (SSSR count). The molecule has 1 saturated heterocycles. The van der Waals surface area contributed by atoms with Crippen molar-refractivity contribution in [2.24, 2.45) is 5.92 Å². The smallest absolute Gasteiger partial charge is 0.320 e. The van der Waals surface area contributed by atoms with Gasteiger partial charge in [-0.05, 0) is 54.9 Å². The third kappa shape index (κ3) is 5.59. The normalized spacial score (nSPS) is 21.9. The summed E-state index contributed by atoms with van der Waals surface area (Å²) in [5.41, 5.74) is 2.26. The molecule has 0 aromatic heterocycles. The zero-order chi connectivity index (χ0) is 21.6. The summed E-state index contributed by atoms with van der Waals surface area (Å²) in [6, 6.07) is 16.1. The second-order valence-corrected chi connectivity index (χ2v) is 8.86. The Morgan fingerprint density at radius 1 is 1.03 bits per heavy atom. The lowest BCUT2D eigenvalue weighted by Crippen LogP contribution is -2.29. The number of hydrogen-bond acceptors (Lipinski definition) is 5. The third-order valence-corrected chi connectivity index (χ3v) is 6.49. The fourth-order valence-corrected chi connectivity index (χ4v) is 4.80. The Hall–Kier alpha value is -2.53. The summed E-state index contributed by atoms with van der Waals surface area (Å²) in [6.07, 6.45) is 5.00. The molecule has 0 unspecified atom stereocenters. The van der Waals surface area contributed by atoms with Crippen LogP contribution in [0.15, 0.2) is 48.5 Å². The van der Waals surface area contributed by atoms with Crippen LogP contribution in [0.1, 0.15) is 49.7 Å². The van der Waals surface area contributed by atoms with Gasteiger partial charge in [-0.1, -0.05) is 43.3 Å². The van der Waals surface area contributed by atoms with E-state index in [9.17, 15) is 4.79 Å². The highest BCUT2D eigenvalue weighted by Crippen LogP contribution is 2.38. The van der Waals surface area contributed by atoms with Gasteiger partial charge in [0.25, 0.3) is 0 Å². The number of hydrogen-bond donors (Lipinski definition) is 0. The van der Waals surface area contributed by atoms with Crippen molar-refractivity contribution in [1.29, 1.82) is 0 Å². The van der Waals surface area contributed by atoms with E-state index in [-0.39, 0.29) is 5.97 Å². The van der Waals surface area contributed by atoms with Gasteiger partial charge in [0.1, 0.15) is 6.61 Å². The van der Waals surface area contributed by atoms with Crippen LogP contribution in [0.2, 0.25) is 0 Å². The van der Waals surface area contributed by atoms with Crippen molar-refractivity contribution < 1.29 is 19.0 Å². The molecule has 0 radical (unpaired) electrons. The molecular weight excluding hydrogens is 390 g/mol. The molecule has 0 N–H and O–H groups in total. The molecule has 0 amide bonds. The van der Waals surface area contributed by atoms with Crippen LogP contribution in [0.4, 0.5) is 0 Å². The van der Waals surface area contributed by atoms with Gasteiger partial charge in [0.05, 0.1) is 19.8 Å². The summed E-state index contributed by atoms with van der Waals surface area (Å²) in [5, 5.41) is 0. The Labute approximate surface area is 185 Å². The van der Waals surface area contributed by atoms with Crippen molar-refractivity contribution in [2.45, 2.75) is 51.2 Å². The molecule has 2 atom stereocenters. The highest BCUT2D eigenvalue weighted by Gasteiger charge is 2.32. The maximum Gasteiger partial charge on any atom is 0.320 e. The number of carbonyl (C=O) groups excluding carboxylic acids is 1. The molecule has 2 aliphatic rings. The van der Waals surface area contributed by atoms with Crippen molar-refractivity contribution in [3.05, 3.63) is 59.7 Å². The van der Waals surface area contributed by atoms with Crippen LogP contribution in [-0.2, 0) is 16.1 Å². The zero-order valence-electron chi connectivity index (χ0n) is 18.6. The van der Waals surface area contributed by atoms with Crippen molar-refractivity contribution in [2.75, 3.05) is 26.7 Å². The Bertz CT molecular complexity index is 863. The molecule has 1 aliphatic heterocycles. The van der Waals surface area contributed by atoms with Crippen molar-refractivity contribution in [3.8, 4) is 11.5 Å². The molecule has 1 saturated carbocycles. The maximum absolute atomic E-state index is 12.4. The molecule has 1 heterocycles. The predicted molar refractivity (Wildman–Crippen MR) is 120 cm³/mol. The summed E-state index contributed by atoms with van der Waals surface area (Å²) in [4.78, 5) is 14.6. The van der Waals surface area contributed by atoms with Crippen LogP contribution >= 0.6 is 0 Å². The van der Waals surface area contributed by atoms with E-state index in [2.05, 4.69) is 24.0 Å². The van der Waals surface area contributed by atoms with Gasteiger partial charge in [-0.2, -0.15) is 0 Å². The van der Waals surface area contributed by atoms with Crippen LogP contribution in [0.25, 0.3) is 0 Å². The second kappa shape index (κ2) is 10.2. The topological polar surface area (TPSA) is 48.0 Å². The number of benzene rings is 2. The Morgan fingerprint density at radius 3 is 2.55 bits per heavy atom. The number of ether oxygens (including phenoxy) is 3. The number of rotatable bonds is 8. The van der Waals surface area contributed by atoms with E-state index in [4.69, 9.17) is 14.2 Å². The van der Waals surface area contributed by atoms with E-state index in [0.717, 1.165) is 43.0 Å². The minimum absolute atomic E-state index is 0.170. The number of esters is 1. The van der Waals surface area contributed by atoms with Gasteiger partial charge in [0.15, 0.2) is 11.5 Å². The largest absolute Gasteiger partial charge is 0.493 e. The van der Waals surface area contributed by atoms with Crippen LogP contribution in [0, 0.1) is 5.92 Å².